The lowest BCUT2D eigenvalue weighted by molar-refractivity contribution is 0.788. The number of aromatic nitrogens is 1. The van der Waals surface area contributed by atoms with Crippen molar-refractivity contribution in [1.82, 2.24) is 15.6 Å². The zero-order valence-electron chi connectivity index (χ0n) is 10.7. The second-order valence-corrected chi connectivity index (χ2v) is 3.77. The molecule has 0 unspecified atom stereocenters. The topological polar surface area (TPSA) is 87.9 Å². The molecule has 0 aliphatic carbocycles. The Morgan fingerprint density at radius 1 is 1.39 bits per heavy atom. The molecule has 1 aromatic heterocycles. The zero-order valence-corrected chi connectivity index (χ0v) is 11.5. The van der Waals surface area contributed by atoms with Gasteiger partial charge in [-0.2, -0.15) is 0 Å². The van der Waals surface area contributed by atoms with E-state index in [1.54, 1.807) is 24.3 Å². The summed E-state index contributed by atoms with van der Waals surface area (Å²) >= 11 is 0. The SMILES string of the molecule is CNC(=N)NC(=N)N(c1cccnc1)C(C)C.Cl. The Bertz CT molecular complexity index is 392. The van der Waals surface area contributed by atoms with Crippen LogP contribution in [0, 0.1) is 10.8 Å². The van der Waals surface area contributed by atoms with Crippen molar-refractivity contribution in [3.63, 3.8) is 0 Å². The maximum atomic E-state index is 7.95. The molecule has 0 radical (unpaired) electrons. The van der Waals surface area contributed by atoms with Gasteiger partial charge in [0, 0.05) is 19.3 Å². The molecule has 1 heterocycles. The Hall–Kier alpha value is -1.82. The summed E-state index contributed by atoms with van der Waals surface area (Å²) < 4.78 is 0. The largest absolute Gasteiger partial charge is 0.359 e. The lowest BCUT2D eigenvalue weighted by Gasteiger charge is -2.29. The number of guanidine groups is 2. The molecular formula is C11H19ClN6. The number of rotatable bonds is 2. The summed E-state index contributed by atoms with van der Waals surface area (Å²) in [6.07, 6.45) is 3.38. The summed E-state index contributed by atoms with van der Waals surface area (Å²) in [5.74, 6) is 0.233. The highest BCUT2D eigenvalue weighted by molar-refractivity contribution is 6.04. The molecule has 0 amide bonds. The maximum Gasteiger partial charge on any atom is 0.202 e. The van der Waals surface area contributed by atoms with Gasteiger partial charge in [-0.05, 0) is 26.0 Å². The summed E-state index contributed by atoms with van der Waals surface area (Å²) in [7, 11) is 1.63. The minimum absolute atomic E-state index is 0. The number of pyridine rings is 1. The van der Waals surface area contributed by atoms with Gasteiger partial charge in [0.25, 0.3) is 0 Å². The number of nitrogens with zero attached hydrogens (tertiary/aromatic N) is 2. The molecule has 0 bridgehead atoms. The van der Waals surface area contributed by atoms with E-state index in [1.165, 1.54) is 0 Å². The van der Waals surface area contributed by atoms with Gasteiger partial charge in [-0.15, -0.1) is 12.4 Å². The van der Waals surface area contributed by atoms with E-state index in [-0.39, 0.29) is 30.4 Å². The van der Waals surface area contributed by atoms with Crippen LogP contribution in [0.2, 0.25) is 0 Å². The van der Waals surface area contributed by atoms with Crippen LogP contribution >= 0.6 is 12.4 Å². The molecule has 1 rings (SSSR count). The second-order valence-electron chi connectivity index (χ2n) is 3.77. The molecule has 0 saturated carbocycles. The predicted molar refractivity (Wildman–Crippen MR) is 76.7 cm³/mol. The first-order valence-corrected chi connectivity index (χ1v) is 5.37. The number of hydrogen-bond donors (Lipinski definition) is 4. The van der Waals surface area contributed by atoms with E-state index >= 15 is 0 Å². The van der Waals surface area contributed by atoms with Gasteiger partial charge >= 0.3 is 0 Å². The number of anilines is 1. The number of halogens is 1. The average Bonchev–Trinajstić information content (AvgIpc) is 2.29. The first kappa shape index (κ1) is 16.2. The van der Waals surface area contributed by atoms with Crippen LogP contribution in [0.1, 0.15) is 13.8 Å². The van der Waals surface area contributed by atoms with Crippen LogP contribution in [0.3, 0.4) is 0 Å². The van der Waals surface area contributed by atoms with Crippen LogP contribution in [0.15, 0.2) is 24.5 Å². The van der Waals surface area contributed by atoms with Crippen molar-refractivity contribution in [2.24, 2.45) is 0 Å². The molecule has 0 saturated heterocycles. The third kappa shape index (κ3) is 4.21. The molecule has 0 aliphatic rings. The molecule has 6 nitrogen and oxygen atoms in total. The van der Waals surface area contributed by atoms with Gasteiger partial charge in [0.2, 0.25) is 5.96 Å². The zero-order chi connectivity index (χ0) is 12.8. The first-order chi connectivity index (χ1) is 8.06. The average molecular weight is 271 g/mol. The molecule has 0 aromatic carbocycles. The predicted octanol–water partition coefficient (Wildman–Crippen LogP) is 1.40. The molecule has 100 valence electrons. The molecule has 1 aromatic rings. The van der Waals surface area contributed by atoms with Gasteiger partial charge < -0.3 is 10.2 Å². The van der Waals surface area contributed by atoms with E-state index in [9.17, 15) is 0 Å². The molecule has 0 spiro atoms. The van der Waals surface area contributed by atoms with Gasteiger partial charge in [-0.1, -0.05) is 0 Å². The van der Waals surface area contributed by atoms with Crippen LogP contribution < -0.4 is 15.5 Å². The maximum absolute atomic E-state index is 7.95. The van der Waals surface area contributed by atoms with Crippen molar-refractivity contribution in [3.8, 4) is 0 Å². The Morgan fingerprint density at radius 3 is 2.50 bits per heavy atom. The van der Waals surface area contributed by atoms with E-state index < -0.39 is 0 Å². The Labute approximate surface area is 113 Å². The van der Waals surface area contributed by atoms with Crippen LogP contribution in [-0.2, 0) is 0 Å². The van der Waals surface area contributed by atoms with E-state index in [2.05, 4.69) is 15.6 Å². The molecule has 0 atom stereocenters. The smallest absolute Gasteiger partial charge is 0.202 e. The van der Waals surface area contributed by atoms with Crippen LogP contribution in [-0.4, -0.2) is 30.0 Å². The number of nitrogens with one attached hydrogen (secondary N) is 4. The van der Waals surface area contributed by atoms with Crippen molar-refractivity contribution >= 4 is 30.0 Å². The molecule has 7 heteroatoms. The molecular weight excluding hydrogens is 252 g/mol. The highest BCUT2D eigenvalue weighted by Gasteiger charge is 2.16. The van der Waals surface area contributed by atoms with Gasteiger partial charge in [0.05, 0.1) is 11.9 Å². The monoisotopic (exact) mass is 270 g/mol. The van der Waals surface area contributed by atoms with E-state index in [4.69, 9.17) is 10.8 Å². The highest BCUT2D eigenvalue weighted by atomic mass is 35.5. The van der Waals surface area contributed by atoms with E-state index in [1.807, 2.05) is 26.0 Å². The molecule has 18 heavy (non-hydrogen) atoms. The normalized spacial score (nSPS) is 9.33. The Kier molecular flexibility index (Phi) is 6.74. The third-order valence-corrected chi connectivity index (χ3v) is 2.17. The summed E-state index contributed by atoms with van der Waals surface area (Å²) in [6.45, 7) is 3.96. The summed E-state index contributed by atoms with van der Waals surface area (Å²) in [6, 6.07) is 3.80. The second kappa shape index (κ2) is 7.50. The van der Waals surface area contributed by atoms with Crippen molar-refractivity contribution < 1.29 is 0 Å². The summed E-state index contributed by atoms with van der Waals surface area (Å²) in [4.78, 5) is 5.80. The third-order valence-electron chi connectivity index (χ3n) is 2.17. The van der Waals surface area contributed by atoms with Gasteiger partial charge in [-0.3, -0.25) is 21.1 Å². The standard InChI is InChI=1S/C11H18N6.ClH/c1-8(2)17(9-5-4-6-15-7-9)11(13)16-10(12)14-3;/h4-8H,1-3H3,(H4,12,13,14,16);1H. The summed E-state index contributed by atoms with van der Waals surface area (Å²) in [5, 5.41) is 20.7. The quantitative estimate of drug-likeness (QED) is 0.483. The van der Waals surface area contributed by atoms with Gasteiger partial charge in [0.15, 0.2) is 5.96 Å². The fourth-order valence-electron chi connectivity index (χ4n) is 1.42. The molecule has 0 fully saturated rings. The summed E-state index contributed by atoms with van der Waals surface area (Å²) in [5.41, 5.74) is 0.823. The Balaban J connectivity index is 0.00000289. The van der Waals surface area contributed by atoms with E-state index in [0.717, 1.165) is 5.69 Å². The minimum Gasteiger partial charge on any atom is -0.359 e. The molecule has 0 aliphatic heterocycles. The van der Waals surface area contributed by atoms with Gasteiger partial charge in [0.1, 0.15) is 0 Å². The minimum atomic E-state index is 0. The lowest BCUT2D eigenvalue weighted by atomic mass is 10.3. The fraction of sp³-hybridized carbons (Fsp3) is 0.364. The number of hydrogen-bond acceptors (Lipinski definition) is 3. The van der Waals surface area contributed by atoms with Crippen LogP contribution in [0.25, 0.3) is 0 Å². The highest BCUT2D eigenvalue weighted by Crippen LogP contribution is 2.14. The van der Waals surface area contributed by atoms with Crippen LogP contribution in [0.5, 0.6) is 0 Å². The van der Waals surface area contributed by atoms with E-state index in [0.29, 0.717) is 0 Å². The first-order valence-electron chi connectivity index (χ1n) is 5.37. The lowest BCUT2D eigenvalue weighted by Crippen LogP contribution is -2.49. The van der Waals surface area contributed by atoms with Crippen molar-refractivity contribution in [3.05, 3.63) is 24.5 Å². The van der Waals surface area contributed by atoms with Crippen molar-refractivity contribution in [2.75, 3.05) is 11.9 Å². The van der Waals surface area contributed by atoms with Crippen LogP contribution in [0.4, 0.5) is 5.69 Å². The van der Waals surface area contributed by atoms with Gasteiger partial charge in [-0.25, -0.2) is 0 Å². The fourth-order valence-corrected chi connectivity index (χ4v) is 1.42. The Morgan fingerprint density at radius 2 is 2.06 bits per heavy atom. The molecule has 4 N–H and O–H groups in total. The van der Waals surface area contributed by atoms with Crippen molar-refractivity contribution in [2.45, 2.75) is 19.9 Å². The van der Waals surface area contributed by atoms with Crippen molar-refractivity contribution in [1.29, 1.82) is 10.8 Å².